The van der Waals surface area contributed by atoms with Crippen LogP contribution in [0.4, 0.5) is 0 Å². The minimum Gasteiger partial charge on any atom is -0.481 e. The maximum Gasteiger partial charge on any atom is 0.355 e. The quantitative estimate of drug-likeness (QED) is 0.794. The molecular weight excluding hydrogens is 304 g/mol. The van der Waals surface area contributed by atoms with E-state index in [0.29, 0.717) is 22.4 Å². The van der Waals surface area contributed by atoms with Gasteiger partial charge in [0.05, 0.1) is 7.11 Å². The zero-order valence-electron chi connectivity index (χ0n) is 12.3. The lowest BCUT2D eigenvalue weighted by atomic mass is 10.2. The zero-order valence-corrected chi connectivity index (χ0v) is 13.1. The van der Waals surface area contributed by atoms with Gasteiger partial charge in [0.2, 0.25) is 11.7 Å². The molecule has 8 heteroatoms. The molecule has 114 valence electrons. The first-order valence-electron chi connectivity index (χ1n) is 6.66. The van der Waals surface area contributed by atoms with Crippen molar-refractivity contribution in [3.63, 3.8) is 0 Å². The number of methoxy groups -OCH3 is 1. The largest absolute Gasteiger partial charge is 0.481 e. The third kappa shape index (κ3) is 2.21. The Labute approximate surface area is 130 Å². The highest BCUT2D eigenvalue weighted by molar-refractivity contribution is 7.13. The second kappa shape index (κ2) is 5.38. The van der Waals surface area contributed by atoms with E-state index in [2.05, 4.69) is 15.0 Å². The lowest BCUT2D eigenvalue weighted by molar-refractivity contribution is 0.0691. The first-order valence-corrected chi connectivity index (χ1v) is 7.54. The number of ether oxygens (including phenoxy) is 1. The molecule has 3 aromatic rings. The molecule has 0 bridgehead atoms. The fourth-order valence-electron chi connectivity index (χ4n) is 2.32. The molecule has 1 N–H and O–H groups in total. The summed E-state index contributed by atoms with van der Waals surface area (Å²) >= 11 is 1.25. The number of fused-ring (bicyclic) bond motifs is 1. The van der Waals surface area contributed by atoms with E-state index in [1.54, 1.807) is 7.11 Å². The van der Waals surface area contributed by atoms with Crippen molar-refractivity contribution >= 4 is 23.1 Å². The Hall–Kier alpha value is -2.48. The van der Waals surface area contributed by atoms with Crippen LogP contribution in [0.5, 0.6) is 5.88 Å². The van der Waals surface area contributed by atoms with Crippen molar-refractivity contribution in [3.05, 3.63) is 28.5 Å². The lowest BCUT2D eigenvalue weighted by Gasteiger charge is -2.10. The molecule has 0 saturated heterocycles. The average Bonchev–Trinajstić information content (AvgIpc) is 3.13. The van der Waals surface area contributed by atoms with Crippen LogP contribution in [0.15, 0.2) is 11.6 Å². The molecule has 0 aliphatic rings. The average molecular weight is 318 g/mol. The Morgan fingerprint density at radius 2 is 2.18 bits per heavy atom. The van der Waals surface area contributed by atoms with E-state index in [-0.39, 0.29) is 5.69 Å². The molecule has 0 amide bonds. The van der Waals surface area contributed by atoms with E-state index in [1.165, 1.54) is 16.7 Å². The Bertz CT molecular complexity index is 868. The summed E-state index contributed by atoms with van der Waals surface area (Å²) in [6.07, 6.45) is 2.62. The number of rotatable bonds is 4. The third-order valence-electron chi connectivity index (χ3n) is 3.43. The van der Waals surface area contributed by atoms with Crippen LogP contribution in [-0.2, 0) is 6.42 Å². The Kier molecular flexibility index (Phi) is 3.53. The van der Waals surface area contributed by atoms with Crippen molar-refractivity contribution in [3.8, 4) is 16.6 Å². The van der Waals surface area contributed by atoms with Gasteiger partial charge in [0.15, 0.2) is 5.69 Å². The molecular formula is C14H14N4O3S. The van der Waals surface area contributed by atoms with Crippen LogP contribution in [0.3, 0.4) is 0 Å². The van der Waals surface area contributed by atoms with Crippen molar-refractivity contribution < 1.29 is 14.6 Å². The van der Waals surface area contributed by atoms with E-state index in [1.807, 2.05) is 24.4 Å². The van der Waals surface area contributed by atoms with Gasteiger partial charge >= 0.3 is 5.97 Å². The molecule has 0 spiro atoms. The highest BCUT2D eigenvalue weighted by atomic mass is 32.1. The number of hydrogen-bond acceptors (Lipinski definition) is 6. The van der Waals surface area contributed by atoms with Gasteiger partial charge in [0.1, 0.15) is 10.7 Å². The summed E-state index contributed by atoms with van der Waals surface area (Å²) in [5.74, 6) is 0.0270. The van der Waals surface area contributed by atoms with Crippen LogP contribution in [-0.4, -0.2) is 37.5 Å². The van der Waals surface area contributed by atoms with Crippen LogP contribution in [0.25, 0.3) is 16.5 Å². The number of nitrogens with zero attached hydrogens (tertiary/aromatic N) is 4. The minimum atomic E-state index is -1.05. The number of aryl methyl sites for hydroxylation is 1. The fraction of sp³-hybridized carbons (Fsp3) is 0.286. The summed E-state index contributed by atoms with van der Waals surface area (Å²) in [5, 5.41) is 11.0. The number of hydrogen-bond donors (Lipinski definition) is 1. The first kappa shape index (κ1) is 14.5. The van der Waals surface area contributed by atoms with E-state index < -0.39 is 5.97 Å². The predicted octanol–water partition coefficient (Wildman–Crippen LogP) is 2.43. The number of aromatic carboxylic acids is 1. The zero-order chi connectivity index (χ0) is 15.9. The monoisotopic (exact) mass is 318 g/mol. The van der Waals surface area contributed by atoms with Gasteiger partial charge in [0, 0.05) is 22.8 Å². The van der Waals surface area contributed by atoms with Gasteiger partial charge in [-0.3, -0.25) is 4.40 Å². The van der Waals surface area contributed by atoms with Gasteiger partial charge in [-0.2, -0.15) is 4.98 Å². The van der Waals surface area contributed by atoms with Crippen molar-refractivity contribution in [1.82, 2.24) is 19.4 Å². The second-order valence-electron chi connectivity index (χ2n) is 4.68. The van der Waals surface area contributed by atoms with Gasteiger partial charge in [-0.25, -0.2) is 14.8 Å². The van der Waals surface area contributed by atoms with Crippen LogP contribution in [0.1, 0.15) is 28.7 Å². The maximum absolute atomic E-state index is 10.9. The molecule has 0 aliphatic carbocycles. The lowest BCUT2D eigenvalue weighted by Crippen LogP contribution is -2.03. The normalized spacial score (nSPS) is 11.0. The maximum atomic E-state index is 10.9. The summed E-state index contributed by atoms with van der Waals surface area (Å²) in [6, 6.07) is 0. The van der Waals surface area contributed by atoms with Crippen molar-refractivity contribution in [2.75, 3.05) is 7.11 Å². The van der Waals surface area contributed by atoms with Gasteiger partial charge in [0.25, 0.3) is 0 Å². The molecule has 0 fully saturated rings. The van der Waals surface area contributed by atoms with E-state index in [4.69, 9.17) is 9.84 Å². The van der Waals surface area contributed by atoms with Crippen LogP contribution < -0.4 is 4.74 Å². The number of carbonyl (C=O) groups is 1. The van der Waals surface area contributed by atoms with E-state index >= 15 is 0 Å². The van der Waals surface area contributed by atoms with Gasteiger partial charge < -0.3 is 9.84 Å². The van der Waals surface area contributed by atoms with Crippen LogP contribution >= 0.6 is 11.3 Å². The molecule has 0 aromatic carbocycles. The molecule has 0 saturated carbocycles. The third-order valence-corrected chi connectivity index (χ3v) is 4.30. The highest BCUT2D eigenvalue weighted by Crippen LogP contribution is 2.27. The number of imidazole rings is 1. The topological polar surface area (TPSA) is 89.6 Å². The molecule has 3 rings (SSSR count). The summed E-state index contributed by atoms with van der Waals surface area (Å²) < 4.78 is 7.19. The molecule has 0 radical (unpaired) electrons. The van der Waals surface area contributed by atoms with Crippen molar-refractivity contribution in [2.24, 2.45) is 0 Å². The van der Waals surface area contributed by atoms with Gasteiger partial charge in [-0.15, -0.1) is 11.3 Å². The second-order valence-corrected chi connectivity index (χ2v) is 5.54. The molecule has 3 aromatic heterocycles. The molecule has 22 heavy (non-hydrogen) atoms. The van der Waals surface area contributed by atoms with Crippen molar-refractivity contribution in [1.29, 1.82) is 0 Å². The van der Waals surface area contributed by atoms with Gasteiger partial charge in [-0.1, -0.05) is 6.92 Å². The molecule has 3 heterocycles. The smallest absolute Gasteiger partial charge is 0.355 e. The Morgan fingerprint density at radius 1 is 1.41 bits per heavy atom. The summed E-state index contributed by atoms with van der Waals surface area (Å²) in [6.45, 7) is 4.02. The van der Waals surface area contributed by atoms with Gasteiger partial charge in [-0.05, 0) is 13.3 Å². The fourth-order valence-corrected chi connectivity index (χ4v) is 3.07. The summed E-state index contributed by atoms with van der Waals surface area (Å²) in [7, 11) is 1.58. The summed E-state index contributed by atoms with van der Waals surface area (Å²) in [4.78, 5) is 23.8. The molecule has 0 aliphatic heterocycles. The number of carboxylic acid groups (broad SMARTS) is 1. The molecule has 0 unspecified atom stereocenters. The van der Waals surface area contributed by atoms with Crippen LogP contribution in [0, 0.1) is 6.92 Å². The SMILES string of the molecule is CCc1c(OC)nc2nc(-c3nc(C(=O)O)cs3)cn2c1C. The number of carboxylic acids is 1. The van der Waals surface area contributed by atoms with E-state index in [9.17, 15) is 4.79 Å². The van der Waals surface area contributed by atoms with E-state index in [0.717, 1.165) is 17.7 Å². The Morgan fingerprint density at radius 3 is 2.77 bits per heavy atom. The summed E-state index contributed by atoms with van der Waals surface area (Å²) in [5.41, 5.74) is 2.64. The predicted molar refractivity (Wildman–Crippen MR) is 81.7 cm³/mol. The number of aromatic nitrogens is 4. The van der Waals surface area contributed by atoms with Crippen LogP contribution in [0.2, 0.25) is 0 Å². The first-order chi connectivity index (χ1) is 10.5. The minimum absolute atomic E-state index is 0.0218. The number of thiazole rings is 1. The molecule has 7 nitrogen and oxygen atoms in total. The van der Waals surface area contributed by atoms with Crippen molar-refractivity contribution in [2.45, 2.75) is 20.3 Å². The highest BCUT2D eigenvalue weighted by Gasteiger charge is 2.17. The Balaban J connectivity index is 2.16. The standard InChI is InChI=1S/C14H14N4O3S/c1-4-8-7(2)18-5-9(16-14(18)17-11(8)21-3)12-15-10(6-22-12)13(19)20/h5-6H,4H2,1-3H3,(H,19,20). The molecule has 0 atom stereocenters.